The molecule has 3 rings (SSSR count). The summed E-state index contributed by atoms with van der Waals surface area (Å²) in [4.78, 5) is 12.2. The summed E-state index contributed by atoms with van der Waals surface area (Å²) in [6, 6.07) is 10.9. The number of benzene rings is 2. The van der Waals surface area contributed by atoms with Gasteiger partial charge in [-0.15, -0.1) is 10.2 Å². The zero-order chi connectivity index (χ0) is 23.3. The van der Waals surface area contributed by atoms with Gasteiger partial charge in [0.25, 0.3) is 0 Å². The van der Waals surface area contributed by atoms with E-state index in [4.69, 9.17) is 4.74 Å². The summed E-state index contributed by atoms with van der Waals surface area (Å²) in [5, 5.41) is 11.3. The Morgan fingerprint density at radius 1 is 1.12 bits per heavy atom. The number of carbonyl (C=O) groups excluding carboxylic acids is 1. The molecule has 0 radical (unpaired) electrons. The number of ether oxygens (including phenoxy) is 1. The maximum atomic E-state index is 13.7. The largest absolute Gasteiger partial charge is 0.486 e. The molecule has 32 heavy (non-hydrogen) atoms. The second-order valence-electron chi connectivity index (χ2n) is 8.17. The minimum Gasteiger partial charge on any atom is -0.486 e. The monoisotopic (exact) mass is 460 g/mol. The first-order chi connectivity index (χ1) is 15.2. The molecule has 9 heteroatoms. The standard InChI is InChI=1S/C23H26F2N4O2S/c1-5-29-20(13-31-17-9-6-15(7-10-17)23(2,3)4)27-28-22(29)32-14-21(30)26-19-11-8-16(24)12-18(19)25/h6-12H,5,13-14H2,1-4H3,(H,26,30). The SMILES string of the molecule is CCn1c(COc2ccc(C(C)(C)C)cc2)nnc1SCC(=O)Nc1ccc(F)cc1F. The summed E-state index contributed by atoms with van der Waals surface area (Å²) in [7, 11) is 0. The Hall–Kier alpha value is -2.94. The molecule has 1 heterocycles. The van der Waals surface area contributed by atoms with Crippen molar-refractivity contribution in [2.75, 3.05) is 11.1 Å². The van der Waals surface area contributed by atoms with Crippen LogP contribution in [0.25, 0.3) is 0 Å². The highest BCUT2D eigenvalue weighted by Crippen LogP contribution is 2.25. The van der Waals surface area contributed by atoms with Crippen LogP contribution < -0.4 is 10.1 Å². The van der Waals surface area contributed by atoms with Crippen LogP contribution in [0.1, 0.15) is 39.1 Å². The molecule has 0 aliphatic rings. The summed E-state index contributed by atoms with van der Waals surface area (Å²) >= 11 is 1.18. The van der Waals surface area contributed by atoms with Gasteiger partial charge in [0.2, 0.25) is 5.91 Å². The molecule has 0 saturated heterocycles. The van der Waals surface area contributed by atoms with Crippen molar-refractivity contribution in [3.63, 3.8) is 0 Å². The van der Waals surface area contributed by atoms with Crippen LogP contribution in [0.5, 0.6) is 5.75 Å². The van der Waals surface area contributed by atoms with E-state index >= 15 is 0 Å². The third-order valence-electron chi connectivity index (χ3n) is 4.74. The van der Waals surface area contributed by atoms with E-state index in [-0.39, 0.29) is 23.5 Å². The Labute approximate surface area is 190 Å². The first-order valence-electron chi connectivity index (χ1n) is 10.2. The lowest BCUT2D eigenvalue weighted by Gasteiger charge is -2.19. The highest BCUT2D eigenvalue weighted by Gasteiger charge is 2.16. The lowest BCUT2D eigenvalue weighted by Crippen LogP contribution is -2.16. The average molecular weight is 461 g/mol. The van der Waals surface area contributed by atoms with Gasteiger partial charge in [0, 0.05) is 12.6 Å². The van der Waals surface area contributed by atoms with Gasteiger partial charge in [0.1, 0.15) is 24.0 Å². The van der Waals surface area contributed by atoms with Gasteiger partial charge < -0.3 is 14.6 Å². The van der Waals surface area contributed by atoms with E-state index in [9.17, 15) is 13.6 Å². The number of nitrogens with one attached hydrogen (secondary N) is 1. The van der Waals surface area contributed by atoms with Gasteiger partial charge in [0.15, 0.2) is 11.0 Å². The Balaban J connectivity index is 1.57. The van der Waals surface area contributed by atoms with E-state index in [1.807, 2.05) is 35.8 Å². The predicted molar refractivity (Wildman–Crippen MR) is 121 cm³/mol. The highest BCUT2D eigenvalue weighted by atomic mass is 32.2. The molecule has 0 aliphatic heterocycles. The van der Waals surface area contributed by atoms with Crippen molar-refractivity contribution in [3.05, 3.63) is 65.5 Å². The summed E-state index contributed by atoms with van der Waals surface area (Å²) < 4.78 is 34.4. The van der Waals surface area contributed by atoms with Crippen molar-refractivity contribution in [1.29, 1.82) is 0 Å². The summed E-state index contributed by atoms with van der Waals surface area (Å²) in [6.45, 7) is 9.25. The normalized spacial score (nSPS) is 11.4. The van der Waals surface area contributed by atoms with Crippen LogP contribution in [0.3, 0.4) is 0 Å². The molecule has 0 bridgehead atoms. The zero-order valence-corrected chi connectivity index (χ0v) is 19.3. The first-order valence-corrected chi connectivity index (χ1v) is 11.2. The van der Waals surface area contributed by atoms with Crippen molar-refractivity contribution in [2.45, 2.75) is 51.4 Å². The Bertz CT molecular complexity index is 1080. The lowest BCUT2D eigenvalue weighted by atomic mass is 9.87. The maximum absolute atomic E-state index is 13.7. The number of hydrogen-bond acceptors (Lipinski definition) is 5. The molecule has 2 aromatic carbocycles. The van der Waals surface area contributed by atoms with E-state index in [0.29, 0.717) is 17.5 Å². The zero-order valence-electron chi connectivity index (χ0n) is 18.5. The fraction of sp³-hybridized carbons (Fsp3) is 0.348. The molecule has 0 unspecified atom stereocenters. The van der Waals surface area contributed by atoms with E-state index in [1.165, 1.54) is 23.4 Å². The van der Waals surface area contributed by atoms with Gasteiger partial charge in [-0.3, -0.25) is 4.79 Å². The van der Waals surface area contributed by atoms with Crippen LogP contribution in [0.2, 0.25) is 0 Å². The molecule has 1 amide bonds. The fourth-order valence-electron chi connectivity index (χ4n) is 2.96. The van der Waals surface area contributed by atoms with Gasteiger partial charge in [-0.2, -0.15) is 0 Å². The quantitative estimate of drug-likeness (QED) is 0.469. The second-order valence-corrected chi connectivity index (χ2v) is 9.11. The third-order valence-corrected chi connectivity index (χ3v) is 5.70. The number of hydrogen-bond donors (Lipinski definition) is 1. The molecule has 6 nitrogen and oxygen atoms in total. The number of carbonyl (C=O) groups is 1. The predicted octanol–water partition coefficient (Wildman–Crippen LogP) is 5.18. The first kappa shape index (κ1) is 23.7. The summed E-state index contributed by atoms with van der Waals surface area (Å²) in [6.07, 6.45) is 0. The van der Waals surface area contributed by atoms with Gasteiger partial charge >= 0.3 is 0 Å². The van der Waals surface area contributed by atoms with Gasteiger partial charge in [-0.1, -0.05) is 44.7 Å². The molecule has 170 valence electrons. The molecule has 0 aliphatic carbocycles. The van der Waals surface area contributed by atoms with Gasteiger partial charge in [0.05, 0.1) is 11.4 Å². The number of thioether (sulfide) groups is 1. The van der Waals surface area contributed by atoms with Crippen molar-refractivity contribution in [2.24, 2.45) is 0 Å². The Morgan fingerprint density at radius 3 is 2.47 bits per heavy atom. The molecule has 0 saturated carbocycles. The summed E-state index contributed by atoms with van der Waals surface area (Å²) in [5.41, 5.74) is 1.22. The second kappa shape index (κ2) is 10.1. The topological polar surface area (TPSA) is 69.0 Å². The molecule has 0 fully saturated rings. The van der Waals surface area contributed by atoms with Crippen molar-refractivity contribution < 1.29 is 18.3 Å². The molecule has 3 aromatic rings. The number of anilines is 1. The molecule has 0 spiro atoms. The van der Waals surface area contributed by atoms with E-state index in [1.54, 1.807) is 0 Å². The lowest BCUT2D eigenvalue weighted by molar-refractivity contribution is -0.113. The Kier molecular flexibility index (Phi) is 7.50. The molecule has 1 N–H and O–H groups in total. The van der Waals surface area contributed by atoms with Crippen LogP contribution in [0.4, 0.5) is 14.5 Å². The smallest absolute Gasteiger partial charge is 0.234 e. The number of nitrogens with zero attached hydrogens (tertiary/aromatic N) is 3. The minimum absolute atomic E-state index is 0.00404. The number of rotatable bonds is 8. The van der Waals surface area contributed by atoms with Crippen LogP contribution in [0.15, 0.2) is 47.6 Å². The molecule has 0 atom stereocenters. The van der Waals surface area contributed by atoms with E-state index in [0.717, 1.165) is 17.9 Å². The van der Waals surface area contributed by atoms with Crippen LogP contribution >= 0.6 is 11.8 Å². The molecule has 1 aromatic heterocycles. The van der Waals surface area contributed by atoms with Crippen molar-refractivity contribution >= 4 is 23.4 Å². The summed E-state index contributed by atoms with van der Waals surface area (Å²) in [5.74, 6) is -0.577. The highest BCUT2D eigenvalue weighted by molar-refractivity contribution is 7.99. The average Bonchev–Trinajstić information content (AvgIpc) is 3.14. The van der Waals surface area contributed by atoms with Crippen LogP contribution in [-0.2, 0) is 23.4 Å². The minimum atomic E-state index is -0.824. The van der Waals surface area contributed by atoms with E-state index in [2.05, 4.69) is 36.3 Å². The fourth-order valence-corrected chi connectivity index (χ4v) is 3.78. The molecular weight excluding hydrogens is 434 g/mol. The number of aromatic nitrogens is 3. The molecular formula is C23H26F2N4O2S. The van der Waals surface area contributed by atoms with Crippen molar-refractivity contribution in [1.82, 2.24) is 14.8 Å². The number of amides is 1. The van der Waals surface area contributed by atoms with Gasteiger partial charge in [-0.25, -0.2) is 8.78 Å². The van der Waals surface area contributed by atoms with Crippen LogP contribution in [-0.4, -0.2) is 26.4 Å². The van der Waals surface area contributed by atoms with Crippen LogP contribution in [0, 0.1) is 11.6 Å². The number of halogens is 2. The van der Waals surface area contributed by atoms with E-state index < -0.39 is 17.5 Å². The Morgan fingerprint density at radius 2 is 1.84 bits per heavy atom. The van der Waals surface area contributed by atoms with Gasteiger partial charge in [-0.05, 0) is 42.2 Å². The van der Waals surface area contributed by atoms with Crippen molar-refractivity contribution in [3.8, 4) is 5.75 Å². The third kappa shape index (κ3) is 6.06. The maximum Gasteiger partial charge on any atom is 0.234 e.